The number of rotatable bonds is 11. The van der Waals surface area contributed by atoms with Gasteiger partial charge in [-0.2, -0.15) is 0 Å². The van der Waals surface area contributed by atoms with E-state index >= 15 is 0 Å². The molecule has 0 N–H and O–H groups in total. The second-order valence-electron chi connectivity index (χ2n) is 8.66. The maximum Gasteiger partial charge on any atom is 0.167 e. The van der Waals surface area contributed by atoms with Gasteiger partial charge in [-0.15, -0.1) is 0 Å². The fourth-order valence-electron chi connectivity index (χ4n) is 4.35. The lowest BCUT2D eigenvalue weighted by atomic mass is 9.75. The first kappa shape index (κ1) is 24.7. The van der Waals surface area contributed by atoms with Gasteiger partial charge >= 0.3 is 0 Å². The molecule has 2 atom stereocenters. The Balaban J connectivity index is 1.76. The van der Waals surface area contributed by atoms with Crippen LogP contribution in [0.1, 0.15) is 54.3 Å². The number of hydrogen-bond donors (Lipinski definition) is 0. The molecule has 0 aliphatic heterocycles. The van der Waals surface area contributed by atoms with Crippen LogP contribution in [0, 0.1) is 11.8 Å². The van der Waals surface area contributed by atoms with Gasteiger partial charge in [0.25, 0.3) is 0 Å². The van der Waals surface area contributed by atoms with Crippen molar-refractivity contribution in [2.24, 2.45) is 11.8 Å². The highest BCUT2D eigenvalue weighted by molar-refractivity contribution is 6.10. The molecule has 0 aliphatic rings. The van der Waals surface area contributed by atoms with Crippen LogP contribution < -0.4 is 0 Å². The van der Waals surface area contributed by atoms with Gasteiger partial charge in [-0.3, -0.25) is 19.2 Å². The van der Waals surface area contributed by atoms with Crippen LogP contribution in [-0.4, -0.2) is 23.1 Å². The van der Waals surface area contributed by atoms with E-state index in [9.17, 15) is 19.2 Å². The van der Waals surface area contributed by atoms with Gasteiger partial charge < -0.3 is 0 Å². The zero-order valence-electron chi connectivity index (χ0n) is 19.7. The maximum absolute atomic E-state index is 13.8. The minimum atomic E-state index is -1.000. The van der Waals surface area contributed by atoms with Crippen molar-refractivity contribution in [3.8, 4) is 0 Å². The van der Waals surface area contributed by atoms with Gasteiger partial charge in [0.1, 0.15) is 0 Å². The van der Waals surface area contributed by atoms with Crippen molar-refractivity contribution in [1.82, 2.24) is 0 Å². The minimum absolute atomic E-state index is 0.178. The molecule has 36 heavy (non-hydrogen) atoms. The topological polar surface area (TPSA) is 68.3 Å². The normalized spacial score (nSPS) is 12.3. The van der Waals surface area contributed by atoms with Crippen LogP contribution in [-0.2, 0) is 0 Å². The molecule has 0 aliphatic carbocycles. The van der Waals surface area contributed by atoms with E-state index < -0.39 is 11.8 Å². The molecule has 0 radical (unpaired) electrons. The first-order chi connectivity index (χ1) is 17.5. The predicted molar refractivity (Wildman–Crippen MR) is 139 cm³/mol. The van der Waals surface area contributed by atoms with Crippen molar-refractivity contribution in [2.75, 3.05) is 0 Å². The zero-order chi connectivity index (χ0) is 25.3. The van der Waals surface area contributed by atoms with E-state index in [4.69, 9.17) is 0 Å². The SMILES string of the molecule is O=C(C[C@H](C(=O)c1ccccc1)[C@@H](CC(=O)c1ccccc1)C(=O)c1ccccc1)c1ccccc1. The van der Waals surface area contributed by atoms with Gasteiger partial charge in [0.2, 0.25) is 0 Å². The van der Waals surface area contributed by atoms with Crippen molar-refractivity contribution < 1.29 is 19.2 Å². The van der Waals surface area contributed by atoms with Gasteiger partial charge in [-0.25, -0.2) is 0 Å². The van der Waals surface area contributed by atoms with Crippen LogP contribution >= 0.6 is 0 Å². The Morgan fingerprint density at radius 3 is 0.917 bits per heavy atom. The molecule has 4 heteroatoms. The third-order valence-electron chi connectivity index (χ3n) is 6.28. The minimum Gasteiger partial charge on any atom is -0.294 e. The molecule has 4 aromatic rings. The van der Waals surface area contributed by atoms with Crippen LogP contribution in [0.4, 0.5) is 0 Å². The van der Waals surface area contributed by atoms with Crippen molar-refractivity contribution in [1.29, 1.82) is 0 Å². The summed E-state index contributed by atoms with van der Waals surface area (Å²) in [6.07, 6.45) is -0.355. The van der Waals surface area contributed by atoms with Crippen molar-refractivity contribution in [3.63, 3.8) is 0 Å². The summed E-state index contributed by atoms with van der Waals surface area (Å²) in [7, 11) is 0. The lowest BCUT2D eigenvalue weighted by molar-refractivity contribution is 0.0694. The van der Waals surface area contributed by atoms with E-state index in [1.165, 1.54) is 0 Å². The molecule has 0 saturated heterocycles. The second-order valence-corrected chi connectivity index (χ2v) is 8.66. The lowest BCUT2D eigenvalue weighted by Crippen LogP contribution is -2.34. The fourth-order valence-corrected chi connectivity index (χ4v) is 4.35. The van der Waals surface area contributed by atoms with E-state index in [-0.39, 0.29) is 36.0 Å². The monoisotopic (exact) mass is 474 g/mol. The highest BCUT2D eigenvalue weighted by Gasteiger charge is 2.37. The molecule has 4 aromatic carbocycles. The summed E-state index contributed by atoms with van der Waals surface area (Å²) in [5.41, 5.74) is 1.73. The summed E-state index contributed by atoms with van der Waals surface area (Å²) in [6, 6.07) is 34.7. The molecule has 0 fully saturated rings. The number of carbonyl (C=O) groups is 4. The standard InChI is InChI=1S/C32H26O4/c33-29(23-13-5-1-6-14-23)21-27(31(35)25-17-9-3-10-18-25)28(32(36)26-19-11-4-12-20-26)22-30(34)24-15-7-2-8-16-24/h1-20,27-28H,21-22H2/t27-,28+. The summed E-state index contributed by atoms with van der Waals surface area (Å²) < 4.78 is 0. The third kappa shape index (κ3) is 5.97. The summed E-state index contributed by atoms with van der Waals surface area (Å²) in [4.78, 5) is 54.1. The quantitative estimate of drug-likeness (QED) is 0.232. The Bertz CT molecular complexity index is 1220. The highest BCUT2D eigenvalue weighted by Crippen LogP contribution is 2.30. The number of carbonyl (C=O) groups excluding carboxylic acids is 4. The van der Waals surface area contributed by atoms with E-state index in [0.717, 1.165) is 0 Å². The van der Waals surface area contributed by atoms with Crippen LogP contribution in [0.5, 0.6) is 0 Å². The first-order valence-corrected chi connectivity index (χ1v) is 11.9. The number of ketones is 4. The first-order valence-electron chi connectivity index (χ1n) is 11.9. The fraction of sp³-hybridized carbons (Fsp3) is 0.125. The number of hydrogen-bond acceptors (Lipinski definition) is 4. The highest BCUT2D eigenvalue weighted by atomic mass is 16.1. The van der Waals surface area contributed by atoms with Gasteiger partial charge in [-0.05, 0) is 0 Å². The molecule has 0 unspecified atom stereocenters. The van der Waals surface area contributed by atoms with Gasteiger partial charge in [-0.1, -0.05) is 121 Å². The van der Waals surface area contributed by atoms with E-state index in [1.807, 2.05) is 12.1 Å². The molecule has 0 bridgehead atoms. The smallest absolute Gasteiger partial charge is 0.167 e. The number of benzene rings is 4. The van der Waals surface area contributed by atoms with Crippen molar-refractivity contribution in [3.05, 3.63) is 144 Å². The summed E-state index contributed by atoms with van der Waals surface area (Å²) in [5, 5.41) is 0. The Labute approximate surface area is 210 Å². The van der Waals surface area contributed by atoms with Crippen LogP contribution in [0.2, 0.25) is 0 Å². The van der Waals surface area contributed by atoms with Crippen molar-refractivity contribution >= 4 is 23.1 Å². The molecule has 0 amide bonds. The van der Waals surface area contributed by atoms with Crippen LogP contribution in [0.3, 0.4) is 0 Å². The summed E-state index contributed by atoms with van der Waals surface area (Å²) in [5.74, 6) is -3.14. The van der Waals surface area contributed by atoms with Gasteiger partial charge in [0, 0.05) is 46.9 Å². The Hall–Kier alpha value is -4.44. The largest absolute Gasteiger partial charge is 0.294 e. The predicted octanol–water partition coefficient (Wildman–Crippen LogP) is 6.53. The Morgan fingerprint density at radius 1 is 0.389 bits per heavy atom. The van der Waals surface area contributed by atoms with E-state index in [0.29, 0.717) is 22.3 Å². The summed E-state index contributed by atoms with van der Waals surface area (Å²) >= 11 is 0. The van der Waals surface area contributed by atoms with Crippen LogP contribution in [0.25, 0.3) is 0 Å². The lowest BCUT2D eigenvalue weighted by Gasteiger charge is -2.25. The van der Waals surface area contributed by atoms with Crippen LogP contribution in [0.15, 0.2) is 121 Å². The zero-order valence-corrected chi connectivity index (χ0v) is 19.7. The molecular weight excluding hydrogens is 448 g/mol. The average molecular weight is 475 g/mol. The third-order valence-corrected chi connectivity index (χ3v) is 6.28. The molecule has 4 nitrogen and oxygen atoms in total. The van der Waals surface area contributed by atoms with Gasteiger partial charge in [0.05, 0.1) is 0 Å². The van der Waals surface area contributed by atoms with Gasteiger partial charge in [0.15, 0.2) is 23.1 Å². The Kier molecular flexibility index (Phi) is 8.09. The molecule has 0 spiro atoms. The molecule has 0 aromatic heterocycles. The van der Waals surface area contributed by atoms with E-state index in [2.05, 4.69) is 0 Å². The summed E-state index contributed by atoms with van der Waals surface area (Å²) in [6.45, 7) is 0. The number of Topliss-reactive ketones (excluding diaryl/α,β-unsaturated/α-hetero) is 4. The average Bonchev–Trinajstić information content (AvgIpc) is 2.95. The molecule has 178 valence electrons. The maximum atomic E-state index is 13.8. The van der Waals surface area contributed by atoms with Crippen molar-refractivity contribution in [2.45, 2.75) is 12.8 Å². The molecule has 0 saturated carbocycles. The molecule has 4 rings (SSSR count). The van der Waals surface area contributed by atoms with E-state index in [1.54, 1.807) is 109 Å². The molecular formula is C32H26O4. The Morgan fingerprint density at radius 2 is 0.639 bits per heavy atom. The second kappa shape index (κ2) is 11.8. The molecule has 0 heterocycles.